The highest BCUT2D eigenvalue weighted by Crippen LogP contribution is 2.26. The molecule has 1 heterocycles. The third-order valence-electron chi connectivity index (χ3n) is 1.85. The minimum atomic E-state index is 0.731. The molecule has 1 aromatic heterocycles. The average molecular weight is 335 g/mol. The van der Waals surface area contributed by atoms with Crippen molar-refractivity contribution in [3.63, 3.8) is 0 Å². The standard InChI is InChI=1S/C10H6Br2ClN/c11-9-4-5-10(12)14(9)8-3-1-2-7(13)6-8/h1-6H. The van der Waals surface area contributed by atoms with E-state index in [1.54, 1.807) is 0 Å². The van der Waals surface area contributed by atoms with Crippen LogP contribution in [-0.2, 0) is 0 Å². The molecular formula is C10H6Br2ClN. The van der Waals surface area contributed by atoms with Gasteiger partial charge in [-0.15, -0.1) is 0 Å². The Morgan fingerprint density at radius 2 is 1.64 bits per heavy atom. The van der Waals surface area contributed by atoms with Gasteiger partial charge in [0.1, 0.15) is 0 Å². The fraction of sp³-hybridized carbons (Fsp3) is 0. The molecule has 0 fully saturated rings. The van der Waals surface area contributed by atoms with Crippen LogP contribution in [0.5, 0.6) is 0 Å². The van der Waals surface area contributed by atoms with Crippen molar-refractivity contribution in [3.05, 3.63) is 50.6 Å². The molecule has 0 N–H and O–H groups in total. The predicted molar refractivity (Wildman–Crippen MR) is 66.2 cm³/mol. The van der Waals surface area contributed by atoms with Crippen molar-refractivity contribution in [2.45, 2.75) is 0 Å². The maximum Gasteiger partial charge on any atom is 0.0901 e. The van der Waals surface area contributed by atoms with Crippen molar-refractivity contribution in [2.24, 2.45) is 0 Å². The van der Waals surface area contributed by atoms with Crippen molar-refractivity contribution < 1.29 is 0 Å². The van der Waals surface area contributed by atoms with Crippen LogP contribution in [0.2, 0.25) is 5.02 Å². The molecule has 0 aliphatic heterocycles. The summed E-state index contributed by atoms with van der Waals surface area (Å²) in [5.41, 5.74) is 1.03. The highest BCUT2D eigenvalue weighted by Gasteiger charge is 2.05. The molecule has 0 spiro atoms. The number of rotatable bonds is 1. The van der Waals surface area contributed by atoms with E-state index in [2.05, 4.69) is 31.9 Å². The van der Waals surface area contributed by atoms with Gasteiger partial charge in [-0.3, -0.25) is 4.57 Å². The number of hydrogen-bond acceptors (Lipinski definition) is 0. The first-order valence-corrected chi connectivity index (χ1v) is 5.93. The Hall–Kier alpha value is -0.250. The smallest absolute Gasteiger partial charge is 0.0901 e. The van der Waals surface area contributed by atoms with E-state index in [1.165, 1.54) is 0 Å². The summed E-state index contributed by atoms with van der Waals surface area (Å²) in [5.74, 6) is 0. The molecule has 0 saturated carbocycles. The molecule has 0 atom stereocenters. The Labute approximate surface area is 104 Å². The summed E-state index contributed by atoms with van der Waals surface area (Å²) < 4.78 is 4.00. The molecule has 0 aliphatic carbocycles. The average Bonchev–Trinajstić information content (AvgIpc) is 2.46. The summed E-state index contributed by atoms with van der Waals surface area (Å²) in [5, 5.41) is 0.731. The molecule has 0 saturated heterocycles. The van der Waals surface area contributed by atoms with E-state index in [1.807, 2.05) is 41.0 Å². The van der Waals surface area contributed by atoms with Crippen LogP contribution >= 0.6 is 43.5 Å². The Kier molecular flexibility index (Phi) is 3.00. The van der Waals surface area contributed by atoms with Gasteiger partial charge in [0.2, 0.25) is 0 Å². The number of hydrogen-bond donors (Lipinski definition) is 0. The third-order valence-corrected chi connectivity index (χ3v) is 3.33. The van der Waals surface area contributed by atoms with Gasteiger partial charge in [-0.1, -0.05) is 17.7 Å². The second-order valence-electron chi connectivity index (χ2n) is 2.79. The molecule has 0 bridgehead atoms. The molecule has 0 aliphatic rings. The Morgan fingerprint density at radius 3 is 2.21 bits per heavy atom. The van der Waals surface area contributed by atoms with Crippen molar-refractivity contribution in [3.8, 4) is 5.69 Å². The zero-order valence-electron chi connectivity index (χ0n) is 7.05. The van der Waals surface area contributed by atoms with E-state index < -0.39 is 0 Å². The van der Waals surface area contributed by atoms with Gasteiger partial charge in [0.05, 0.1) is 9.21 Å². The quantitative estimate of drug-likeness (QED) is 0.714. The zero-order chi connectivity index (χ0) is 10.1. The van der Waals surface area contributed by atoms with Crippen LogP contribution in [0.25, 0.3) is 5.69 Å². The van der Waals surface area contributed by atoms with E-state index in [0.29, 0.717) is 0 Å². The maximum absolute atomic E-state index is 5.92. The van der Waals surface area contributed by atoms with Gasteiger partial charge in [-0.25, -0.2) is 0 Å². The summed E-state index contributed by atoms with van der Waals surface area (Å²) in [6.45, 7) is 0. The molecule has 2 rings (SSSR count). The number of halogens is 3. The van der Waals surface area contributed by atoms with Crippen molar-refractivity contribution >= 4 is 43.5 Å². The van der Waals surface area contributed by atoms with Crippen LogP contribution in [-0.4, -0.2) is 4.57 Å². The highest BCUT2D eigenvalue weighted by molar-refractivity contribution is 9.11. The van der Waals surface area contributed by atoms with E-state index in [4.69, 9.17) is 11.6 Å². The normalized spacial score (nSPS) is 10.5. The monoisotopic (exact) mass is 333 g/mol. The van der Waals surface area contributed by atoms with Crippen LogP contribution in [0.1, 0.15) is 0 Å². The van der Waals surface area contributed by atoms with Gasteiger partial charge in [0.15, 0.2) is 0 Å². The van der Waals surface area contributed by atoms with Gasteiger partial charge in [-0.2, -0.15) is 0 Å². The zero-order valence-corrected chi connectivity index (χ0v) is 11.0. The number of benzene rings is 1. The molecule has 2 aromatic rings. The topological polar surface area (TPSA) is 4.93 Å². The first-order chi connectivity index (χ1) is 6.68. The molecule has 72 valence electrons. The van der Waals surface area contributed by atoms with Crippen molar-refractivity contribution in [2.75, 3.05) is 0 Å². The fourth-order valence-electron chi connectivity index (χ4n) is 1.25. The second kappa shape index (κ2) is 4.09. The summed E-state index contributed by atoms with van der Waals surface area (Å²) in [6.07, 6.45) is 0. The van der Waals surface area contributed by atoms with Gasteiger partial charge in [0, 0.05) is 10.7 Å². The lowest BCUT2D eigenvalue weighted by molar-refractivity contribution is 1.02. The van der Waals surface area contributed by atoms with Gasteiger partial charge >= 0.3 is 0 Å². The second-order valence-corrected chi connectivity index (χ2v) is 4.86. The minimum Gasteiger partial charge on any atom is -0.298 e. The van der Waals surface area contributed by atoms with E-state index in [-0.39, 0.29) is 0 Å². The first kappa shape index (κ1) is 10.3. The van der Waals surface area contributed by atoms with Crippen LogP contribution in [0.4, 0.5) is 0 Å². The van der Waals surface area contributed by atoms with Gasteiger partial charge in [-0.05, 0) is 62.2 Å². The first-order valence-electron chi connectivity index (χ1n) is 3.97. The van der Waals surface area contributed by atoms with E-state index >= 15 is 0 Å². The van der Waals surface area contributed by atoms with Crippen molar-refractivity contribution in [1.82, 2.24) is 4.57 Å². The molecule has 4 heteroatoms. The SMILES string of the molecule is Clc1cccc(-n2c(Br)ccc2Br)c1. The van der Waals surface area contributed by atoms with Crippen LogP contribution in [0.3, 0.4) is 0 Å². The lowest BCUT2D eigenvalue weighted by atomic mass is 10.3. The largest absolute Gasteiger partial charge is 0.298 e. The van der Waals surface area contributed by atoms with Crippen LogP contribution in [0.15, 0.2) is 45.6 Å². The molecule has 1 nitrogen and oxygen atoms in total. The Balaban J connectivity index is 2.59. The number of aromatic nitrogens is 1. The van der Waals surface area contributed by atoms with E-state index in [0.717, 1.165) is 19.9 Å². The molecule has 14 heavy (non-hydrogen) atoms. The maximum atomic E-state index is 5.92. The lowest BCUT2D eigenvalue weighted by Gasteiger charge is -2.07. The molecule has 0 amide bonds. The predicted octanol–water partition coefficient (Wildman–Crippen LogP) is 4.66. The Bertz CT molecular complexity index is 445. The minimum absolute atomic E-state index is 0.731. The number of nitrogens with zero attached hydrogens (tertiary/aromatic N) is 1. The molecule has 0 radical (unpaired) electrons. The Morgan fingerprint density at radius 1 is 1.00 bits per heavy atom. The van der Waals surface area contributed by atoms with Gasteiger partial charge in [0.25, 0.3) is 0 Å². The molecular weight excluding hydrogens is 329 g/mol. The summed E-state index contributed by atoms with van der Waals surface area (Å²) >= 11 is 12.9. The molecule has 0 unspecified atom stereocenters. The lowest BCUT2D eigenvalue weighted by Crippen LogP contribution is -1.93. The molecule has 1 aromatic carbocycles. The summed E-state index contributed by atoms with van der Waals surface area (Å²) in [4.78, 5) is 0. The van der Waals surface area contributed by atoms with Crippen LogP contribution in [0, 0.1) is 0 Å². The van der Waals surface area contributed by atoms with Gasteiger partial charge < -0.3 is 0 Å². The van der Waals surface area contributed by atoms with Crippen LogP contribution < -0.4 is 0 Å². The third kappa shape index (κ3) is 1.90. The fourth-order valence-corrected chi connectivity index (χ4v) is 2.73. The van der Waals surface area contributed by atoms with E-state index in [9.17, 15) is 0 Å². The summed E-state index contributed by atoms with van der Waals surface area (Å²) in [6, 6.07) is 11.7. The van der Waals surface area contributed by atoms with Crippen molar-refractivity contribution in [1.29, 1.82) is 0 Å². The highest BCUT2D eigenvalue weighted by atomic mass is 79.9. The summed E-state index contributed by atoms with van der Waals surface area (Å²) in [7, 11) is 0.